The zero-order valence-corrected chi connectivity index (χ0v) is 48.9. The van der Waals surface area contributed by atoms with Gasteiger partial charge in [-0.05, 0) is 159 Å². The molecule has 0 aromatic heterocycles. The highest BCUT2D eigenvalue weighted by atomic mass is 127. The number of ether oxygens (including phenoxy) is 1. The molecular formula is C74H74IN2OP. The van der Waals surface area contributed by atoms with Crippen molar-refractivity contribution in [3.63, 3.8) is 0 Å². The van der Waals surface area contributed by atoms with Crippen LogP contribution >= 0.6 is 30.5 Å². The van der Waals surface area contributed by atoms with Gasteiger partial charge in [-0.3, -0.25) is 0 Å². The number of nitrogens with one attached hydrogen (secondary N) is 1. The minimum atomic E-state index is -0.122. The molecular weight excluding hydrogens is 1090 g/mol. The molecule has 79 heavy (non-hydrogen) atoms. The molecule has 0 radical (unpaired) electrons. The molecule has 0 unspecified atom stereocenters. The molecule has 0 amide bonds. The van der Waals surface area contributed by atoms with E-state index in [4.69, 9.17) is 10.5 Å². The lowest BCUT2D eigenvalue weighted by Gasteiger charge is -2.39. The summed E-state index contributed by atoms with van der Waals surface area (Å²) in [5.41, 5.74) is 24.5. The molecule has 2 saturated carbocycles. The molecule has 2 aliphatic rings. The van der Waals surface area contributed by atoms with Crippen LogP contribution < -0.4 is 21.1 Å². The van der Waals surface area contributed by atoms with E-state index in [9.17, 15) is 0 Å². The van der Waals surface area contributed by atoms with Gasteiger partial charge in [-0.2, -0.15) is 0 Å². The molecule has 2 aliphatic carbocycles. The van der Waals surface area contributed by atoms with Crippen LogP contribution in [-0.2, 0) is 0 Å². The van der Waals surface area contributed by atoms with Gasteiger partial charge in [0.15, 0.2) is 0 Å². The number of para-hydroxylation sites is 2. The Bertz CT molecular complexity index is 3360. The van der Waals surface area contributed by atoms with Crippen LogP contribution in [0.15, 0.2) is 261 Å². The number of benzene rings is 10. The predicted molar refractivity (Wildman–Crippen MR) is 351 cm³/mol. The molecule has 0 atom stereocenters. The highest BCUT2D eigenvalue weighted by Gasteiger charge is 2.34. The predicted octanol–water partition coefficient (Wildman–Crippen LogP) is 21.1. The van der Waals surface area contributed by atoms with E-state index in [1.165, 1.54) is 123 Å². The average Bonchev–Trinajstić information content (AvgIpc) is 3.54. The van der Waals surface area contributed by atoms with Gasteiger partial charge >= 0.3 is 0 Å². The number of halogens is 1. The summed E-state index contributed by atoms with van der Waals surface area (Å²) in [6.45, 7) is 2.23. The third kappa shape index (κ3) is 15.7. The molecule has 3 nitrogen and oxygen atoms in total. The Labute approximate surface area is 486 Å². The summed E-state index contributed by atoms with van der Waals surface area (Å²) in [5, 5.41) is 5.21. The van der Waals surface area contributed by atoms with Gasteiger partial charge in [0.2, 0.25) is 0 Å². The van der Waals surface area contributed by atoms with Gasteiger partial charge in [0.1, 0.15) is 5.75 Å². The molecule has 0 heterocycles. The second-order valence-electron chi connectivity index (χ2n) is 20.5. The number of methoxy groups -OCH3 is 1. The van der Waals surface area contributed by atoms with Crippen LogP contribution in [0, 0.1) is 10.5 Å². The van der Waals surface area contributed by atoms with E-state index < -0.39 is 0 Å². The summed E-state index contributed by atoms with van der Waals surface area (Å²) >= 11 is 2.32. The molecule has 0 aliphatic heterocycles. The second kappa shape index (κ2) is 29.7. The first-order valence-electron chi connectivity index (χ1n) is 28.2. The van der Waals surface area contributed by atoms with Gasteiger partial charge in [0, 0.05) is 37.3 Å². The van der Waals surface area contributed by atoms with Crippen LogP contribution in [0.5, 0.6) is 5.75 Å². The van der Waals surface area contributed by atoms with Crippen LogP contribution in [0.25, 0.3) is 55.6 Å². The molecule has 398 valence electrons. The first-order chi connectivity index (χ1) is 38.9. The van der Waals surface area contributed by atoms with Crippen LogP contribution in [0.2, 0.25) is 0 Å². The maximum Gasteiger partial charge on any atom is 0.126 e. The average molecular weight is 1170 g/mol. The zero-order valence-electron chi connectivity index (χ0n) is 45.9. The van der Waals surface area contributed by atoms with Crippen LogP contribution in [0.4, 0.5) is 17.1 Å². The zero-order chi connectivity index (χ0) is 54.4. The van der Waals surface area contributed by atoms with E-state index in [0.29, 0.717) is 0 Å². The monoisotopic (exact) mass is 1160 g/mol. The van der Waals surface area contributed by atoms with Crippen molar-refractivity contribution in [3.8, 4) is 61.4 Å². The quantitative estimate of drug-likeness (QED) is 0.0771. The van der Waals surface area contributed by atoms with E-state index in [-0.39, 0.29) is 7.92 Å². The number of anilines is 3. The SMILES string of the molecule is COc1cccc(C)c1-c1ccccc1P(C1CCCCC1)C1CCCCC1.Ic1ccc(-c2ccccc2)cc1.Nc1ccccc1-c1ccccc1.c1ccc(-c2ccc(Nc3ccccc3-c3ccccc3)cc2)cc1. The molecule has 3 N–H and O–H groups in total. The number of rotatable bonds is 11. The van der Waals surface area contributed by atoms with Gasteiger partial charge in [-0.15, -0.1) is 0 Å². The topological polar surface area (TPSA) is 47.3 Å². The highest BCUT2D eigenvalue weighted by molar-refractivity contribution is 14.1. The summed E-state index contributed by atoms with van der Waals surface area (Å²) < 4.78 is 7.09. The fourth-order valence-electron chi connectivity index (χ4n) is 11.1. The summed E-state index contributed by atoms with van der Waals surface area (Å²) in [6, 6.07) is 90.7. The minimum absolute atomic E-state index is 0.122. The maximum atomic E-state index is 5.85. The van der Waals surface area contributed by atoms with E-state index in [0.717, 1.165) is 39.7 Å². The van der Waals surface area contributed by atoms with E-state index >= 15 is 0 Å². The Kier molecular flexibility index (Phi) is 21.2. The molecule has 0 spiro atoms. The van der Waals surface area contributed by atoms with Crippen molar-refractivity contribution in [1.29, 1.82) is 0 Å². The Morgan fingerprint density at radius 2 is 0.823 bits per heavy atom. The lowest BCUT2D eigenvalue weighted by Crippen LogP contribution is -2.27. The largest absolute Gasteiger partial charge is 0.496 e. The van der Waals surface area contributed by atoms with Gasteiger partial charge < -0.3 is 15.8 Å². The minimum Gasteiger partial charge on any atom is -0.496 e. The fourth-order valence-corrected chi connectivity index (χ4v) is 15.4. The summed E-state index contributed by atoms with van der Waals surface area (Å²) in [5.74, 6) is 1.02. The molecule has 10 aromatic carbocycles. The Hall–Kier alpha value is -7.24. The lowest BCUT2D eigenvalue weighted by molar-refractivity contribution is 0.416. The van der Waals surface area contributed by atoms with Crippen molar-refractivity contribution in [3.05, 3.63) is 270 Å². The number of aryl methyl sites for hydroxylation is 1. The summed E-state index contributed by atoms with van der Waals surface area (Å²) in [7, 11) is 1.69. The van der Waals surface area contributed by atoms with Crippen LogP contribution in [0.1, 0.15) is 69.8 Å². The van der Waals surface area contributed by atoms with E-state index in [1.54, 1.807) is 5.30 Å². The van der Waals surface area contributed by atoms with Crippen molar-refractivity contribution < 1.29 is 4.74 Å². The molecule has 0 bridgehead atoms. The number of hydrogen-bond acceptors (Lipinski definition) is 3. The third-order valence-corrected chi connectivity index (χ3v) is 19.4. The lowest BCUT2D eigenvalue weighted by atomic mass is 9.99. The Balaban J connectivity index is 0.000000135. The first kappa shape index (κ1) is 56.5. The van der Waals surface area contributed by atoms with Gasteiger partial charge in [-0.25, -0.2) is 0 Å². The Morgan fingerprint density at radius 3 is 1.34 bits per heavy atom. The fraction of sp³-hybridized carbons (Fsp3) is 0.189. The van der Waals surface area contributed by atoms with Crippen molar-refractivity contribution in [2.24, 2.45) is 0 Å². The van der Waals surface area contributed by atoms with Gasteiger partial charge in [-0.1, -0.05) is 265 Å². The summed E-state index contributed by atoms with van der Waals surface area (Å²) in [6.07, 6.45) is 14.4. The van der Waals surface area contributed by atoms with Crippen molar-refractivity contribution in [1.82, 2.24) is 0 Å². The van der Waals surface area contributed by atoms with Crippen LogP contribution in [-0.4, -0.2) is 18.4 Å². The molecule has 12 rings (SSSR count). The van der Waals surface area contributed by atoms with Crippen molar-refractivity contribution in [2.45, 2.75) is 82.4 Å². The van der Waals surface area contributed by atoms with Crippen molar-refractivity contribution in [2.75, 3.05) is 18.2 Å². The third-order valence-electron chi connectivity index (χ3n) is 15.1. The second-order valence-corrected chi connectivity index (χ2v) is 24.5. The summed E-state index contributed by atoms with van der Waals surface area (Å²) in [4.78, 5) is 0. The molecule has 10 aromatic rings. The standard InChI is InChI=1S/C26H35OP.C24H19N.C12H9I.C12H11N/c1-20-12-11-18-24(27-2)26(20)23-17-9-10-19-25(23)28(21-13-5-3-6-14-21)22-15-7-4-8-16-22;1-3-9-19(10-4-1)20-15-17-22(18-16-20)25-24-14-8-7-13-23(24)21-11-5-2-6-12-21;13-12-8-6-11(7-9-12)10-4-2-1-3-5-10;13-12-9-5-4-8-11(12)10-6-2-1-3-7-10/h9-12,17-19,21-22H,3-8,13-16H2,1-2H3;1-18,25H;1-9H;1-9H,13H2. The highest BCUT2D eigenvalue weighted by Crippen LogP contribution is 2.56. The Morgan fingerprint density at radius 1 is 0.405 bits per heavy atom. The molecule has 2 fully saturated rings. The number of nitrogens with two attached hydrogens (primary N) is 1. The molecule has 5 heteroatoms. The number of nitrogen functional groups attached to an aromatic ring is 1. The van der Waals surface area contributed by atoms with Gasteiger partial charge in [0.25, 0.3) is 0 Å². The van der Waals surface area contributed by atoms with E-state index in [2.05, 4.69) is 235 Å². The van der Waals surface area contributed by atoms with Crippen LogP contribution in [0.3, 0.4) is 0 Å². The van der Waals surface area contributed by atoms with E-state index in [1.807, 2.05) is 67.8 Å². The first-order valence-corrected chi connectivity index (χ1v) is 30.8. The van der Waals surface area contributed by atoms with Gasteiger partial charge in [0.05, 0.1) is 7.11 Å². The number of hydrogen-bond donors (Lipinski definition) is 2. The maximum absolute atomic E-state index is 5.85. The normalized spacial score (nSPS) is 13.3. The van der Waals surface area contributed by atoms with Crippen molar-refractivity contribution >= 4 is 52.9 Å². The molecule has 0 saturated heterocycles. The smallest absolute Gasteiger partial charge is 0.126 e.